The minimum atomic E-state index is -0.443. The second-order valence-electron chi connectivity index (χ2n) is 5.98. The molecular formula is C19H19FN2O3. The lowest BCUT2D eigenvalue weighted by Crippen LogP contribution is -2.28. The molecule has 1 aliphatic heterocycles. The maximum atomic E-state index is 13.7. The Morgan fingerprint density at radius 2 is 1.96 bits per heavy atom. The van der Waals surface area contributed by atoms with Gasteiger partial charge in [0.25, 0.3) is 0 Å². The molecule has 5 nitrogen and oxygen atoms in total. The van der Waals surface area contributed by atoms with Crippen molar-refractivity contribution in [1.29, 1.82) is 0 Å². The summed E-state index contributed by atoms with van der Waals surface area (Å²) in [6, 6.07) is 13.3. The number of methoxy groups -OCH3 is 1. The molecule has 0 saturated carbocycles. The number of anilines is 1. The van der Waals surface area contributed by atoms with E-state index in [0.29, 0.717) is 17.0 Å². The van der Waals surface area contributed by atoms with Crippen molar-refractivity contribution in [3.05, 3.63) is 59.9 Å². The fraction of sp³-hybridized carbons (Fsp3) is 0.263. The van der Waals surface area contributed by atoms with Crippen LogP contribution in [0.1, 0.15) is 12.0 Å². The third-order valence-corrected chi connectivity index (χ3v) is 4.26. The highest BCUT2D eigenvalue weighted by atomic mass is 19.1. The van der Waals surface area contributed by atoms with Crippen molar-refractivity contribution in [3.63, 3.8) is 0 Å². The number of ether oxygens (including phenoxy) is 1. The summed E-state index contributed by atoms with van der Waals surface area (Å²) in [5.74, 6) is -0.444. The number of hydrogen-bond acceptors (Lipinski definition) is 3. The first-order valence-corrected chi connectivity index (χ1v) is 8.03. The molecule has 2 amide bonds. The number of halogens is 1. The summed E-state index contributed by atoms with van der Waals surface area (Å²) in [5, 5.41) is 2.80. The van der Waals surface area contributed by atoms with Gasteiger partial charge in [-0.05, 0) is 30.3 Å². The van der Waals surface area contributed by atoms with Crippen LogP contribution >= 0.6 is 0 Å². The van der Waals surface area contributed by atoms with Gasteiger partial charge in [0.15, 0.2) is 0 Å². The quantitative estimate of drug-likeness (QED) is 0.909. The number of likely N-dealkylation sites (tertiary alicyclic amines) is 1. The van der Waals surface area contributed by atoms with Gasteiger partial charge in [0, 0.05) is 30.8 Å². The fourth-order valence-corrected chi connectivity index (χ4v) is 2.85. The number of carbonyl (C=O) groups excluding carboxylic acids is 2. The van der Waals surface area contributed by atoms with Gasteiger partial charge in [-0.15, -0.1) is 0 Å². The van der Waals surface area contributed by atoms with Gasteiger partial charge in [-0.1, -0.05) is 18.2 Å². The number of nitrogens with one attached hydrogen (secondary N) is 1. The summed E-state index contributed by atoms with van der Waals surface area (Å²) < 4.78 is 18.8. The van der Waals surface area contributed by atoms with Gasteiger partial charge in [0.05, 0.1) is 13.0 Å². The molecule has 1 atom stereocenters. The highest BCUT2D eigenvalue weighted by molar-refractivity contribution is 5.97. The Morgan fingerprint density at radius 3 is 2.64 bits per heavy atom. The average Bonchev–Trinajstić information content (AvgIpc) is 2.98. The third kappa shape index (κ3) is 3.96. The van der Waals surface area contributed by atoms with Crippen LogP contribution in [0.3, 0.4) is 0 Å². The molecule has 0 bridgehead atoms. The molecule has 0 aromatic heterocycles. The van der Waals surface area contributed by atoms with E-state index in [4.69, 9.17) is 4.74 Å². The largest absolute Gasteiger partial charge is 0.497 e. The first-order chi connectivity index (χ1) is 12.1. The maximum absolute atomic E-state index is 13.7. The van der Waals surface area contributed by atoms with Crippen molar-refractivity contribution in [2.45, 2.75) is 13.0 Å². The van der Waals surface area contributed by atoms with Crippen LogP contribution in [0.5, 0.6) is 5.75 Å². The van der Waals surface area contributed by atoms with Gasteiger partial charge < -0.3 is 15.0 Å². The van der Waals surface area contributed by atoms with Gasteiger partial charge >= 0.3 is 0 Å². The van der Waals surface area contributed by atoms with Crippen molar-refractivity contribution in [2.24, 2.45) is 5.92 Å². The number of carbonyl (C=O) groups is 2. The molecule has 1 aliphatic rings. The zero-order valence-electron chi connectivity index (χ0n) is 13.9. The Bertz CT molecular complexity index is 776. The van der Waals surface area contributed by atoms with Gasteiger partial charge in [0.1, 0.15) is 11.6 Å². The van der Waals surface area contributed by atoms with Crippen LogP contribution in [0.2, 0.25) is 0 Å². The van der Waals surface area contributed by atoms with Gasteiger partial charge in [-0.2, -0.15) is 0 Å². The fourth-order valence-electron chi connectivity index (χ4n) is 2.85. The third-order valence-electron chi connectivity index (χ3n) is 4.26. The molecule has 0 spiro atoms. The summed E-state index contributed by atoms with van der Waals surface area (Å²) in [6.45, 7) is 0.465. The van der Waals surface area contributed by atoms with Gasteiger partial charge in [-0.3, -0.25) is 9.59 Å². The van der Waals surface area contributed by atoms with Crippen LogP contribution < -0.4 is 10.1 Å². The molecule has 130 valence electrons. The number of hydrogen-bond donors (Lipinski definition) is 1. The standard InChI is InChI=1S/C19H19FN2O3/c1-25-16-8-6-15(7-9-16)21-19(24)14-10-18(23)22(12-14)11-13-4-2-3-5-17(13)20/h2-9,14H,10-12H2,1H3,(H,21,24)/t14-/m0/s1. The molecule has 25 heavy (non-hydrogen) atoms. The summed E-state index contributed by atoms with van der Waals surface area (Å²) in [6.07, 6.45) is 0.135. The topological polar surface area (TPSA) is 58.6 Å². The van der Waals surface area contributed by atoms with Crippen LogP contribution in [0.15, 0.2) is 48.5 Å². The molecule has 1 saturated heterocycles. The molecule has 1 fully saturated rings. The van der Waals surface area contributed by atoms with E-state index in [1.54, 1.807) is 49.6 Å². The Morgan fingerprint density at radius 1 is 1.24 bits per heavy atom. The molecule has 0 unspecified atom stereocenters. The second-order valence-corrected chi connectivity index (χ2v) is 5.98. The lowest BCUT2D eigenvalue weighted by Gasteiger charge is -2.17. The Balaban J connectivity index is 1.61. The average molecular weight is 342 g/mol. The number of amides is 2. The zero-order chi connectivity index (χ0) is 17.8. The number of nitrogens with zero attached hydrogens (tertiary/aromatic N) is 1. The molecule has 2 aromatic rings. The van der Waals surface area contributed by atoms with Crippen LogP contribution in [0, 0.1) is 11.7 Å². The second kappa shape index (κ2) is 7.34. The van der Waals surface area contributed by atoms with E-state index in [1.807, 2.05) is 0 Å². The predicted molar refractivity (Wildman–Crippen MR) is 91.5 cm³/mol. The van der Waals surface area contributed by atoms with Crippen LogP contribution in [-0.2, 0) is 16.1 Å². The Labute approximate surface area is 145 Å². The highest BCUT2D eigenvalue weighted by Gasteiger charge is 2.34. The summed E-state index contributed by atoms with van der Waals surface area (Å²) in [7, 11) is 1.57. The summed E-state index contributed by atoms with van der Waals surface area (Å²) in [4.78, 5) is 26.1. The molecular weight excluding hydrogens is 323 g/mol. The smallest absolute Gasteiger partial charge is 0.229 e. The van der Waals surface area contributed by atoms with Crippen molar-refractivity contribution < 1.29 is 18.7 Å². The van der Waals surface area contributed by atoms with E-state index in [9.17, 15) is 14.0 Å². The van der Waals surface area contributed by atoms with Gasteiger partial charge in [-0.25, -0.2) is 4.39 Å². The highest BCUT2D eigenvalue weighted by Crippen LogP contribution is 2.23. The molecule has 1 N–H and O–H groups in total. The minimum absolute atomic E-state index is 0.135. The van der Waals surface area contributed by atoms with Crippen molar-refractivity contribution in [2.75, 3.05) is 19.0 Å². The molecule has 0 radical (unpaired) electrons. The molecule has 3 rings (SSSR count). The Hall–Kier alpha value is -2.89. The van der Waals surface area contributed by atoms with Crippen LogP contribution in [0.25, 0.3) is 0 Å². The molecule has 6 heteroatoms. The van der Waals surface area contributed by atoms with E-state index < -0.39 is 5.92 Å². The monoisotopic (exact) mass is 342 g/mol. The Kier molecular flexibility index (Phi) is 4.97. The molecule has 0 aliphatic carbocycles. The SMILES string of the molecule is COc1ccc(NC(=O)[C@H]2CC(=O)N(Cc3ccccc3F)C2)cc1. The van der Waals surface area contributed by atoms with E-state index in [2.05, 4.69) is 5.32 Å². The first-order valence-electron chi connectivity index (χ1n) is 8.03. The normalized spacial score (nSPS) is 16.8. The van der Waals surface area contributed by atoms with Crippen molar-refractivity contribution >= 4 is 17.5 Å². The van der Waals surface area contributed by atoms with Crippen LogP contribution in [0.4, 0.5) is 10.1 Å². The maximum Gasteiger partial charge on any atom is 0.229 e. The zero-order valence-corrected chi connectivity index (χ0v) is 13.9. The predicted octanol–water partition coefficient (Wildman–Crippen LogP) is 2.82. The molecule has 2 aromatic carbocycles. The van der Waals surface area contributed by atoms with E-state index >= 15 is 0 Å². The van der Waals surface area contributed by atoms with E-state index in [0.717, 1.165) is 0 Å². The van der Waals surface area contributed by atoms with Crippen LogP contribution in [-0.4, -0.2) is 30.4 Å². The van der Waals surface area contributed by atoms with E-state index in [1.165, 1.54) is 11.0 Å². The lowest BCUT2D eigenvalue weighted by molar-refractivity contribution is -0.128. The molecule has 1 heterocycles. The lowest BCUT2D eigenvalue weighted by atomic mass is 10.1. The van der Waals surface area contributed by atoms with Gasteiger partial charge in [0.2, 0.25) is 11.8 Å². The first kappa shape index (κ1) is 17.0. The summed E-state index contributed by atoms with van der Waals surface area (Å²) in [5.41, 5.74) is 1.10. The van der Waals surface area contributed by atoms with Crippen molar-refractivity contribution in [1.82, 2.24) is 4.90 Å². The van der Waals surface area contributed by atoms with Crippen molar-refractivity contribution in [3.8, 4) is 5.75 Å². The van der Waals surface area contributed by atoms with E-state index in [-0.39, 0.29) is 37.1 Å². The number of rotatable bonds is 5. The number of benzene rings is 2. The minimum Gasteiger partial charge on any atom is -0.497 e. The summed E-state index contributed by atoms with van der Waals surface area (Å²) >= 11 is 0.